The maximum Gasteiger partial charge on any atom is 0.252 e. The number of para-hydroxylation sites is 1. The molecule has 3 aromatic rings. The molecule has 30 heavy (non-hydrogen) atoms. The Hall–Kier alpha value is -3.54. The summed E-state index contributed by atoms with van der Waals surface area (Å²) < 4.78 is 0. The predicted octanol–water partition coefficient (Wildman–Crippen LogP) is 3.48. The number of likely N-dealkylation sites (tertiary alicyclic amines) is 1. The highest BCUT2D eigenvalue weighted by Crippen LogP contribution is 2.25. The quantitative estimate of drug-likeness (QED) is 0.507. The SMILES string of the molecule is Cc1ccc(-c2cc(C(=O)NCCCN3C(=O)CCC3=O)c3ccccc3n2)cc1. The number of aryl methyl sites for hydroxylation is 1. The van der Waals surface area contributed by atoms with Gasteiger partial charge in [0.15, 0.2) is 0 Å². The molecule has 4 rings (SSSR count). The van der Waals surface area contributed by atoms with Gasteiger partial charge in [0.2, 0.25) is 11.8 Å². The Kier molecular flexibility index (Phi) is 5.57. The van der Waals surface area contributed by atoms with Crippen molar-refractivity contribution in [1.29, 1.82) is 0 Å². The second kappa shape index (κ2) is 8.45. The fourth-order valence-corrected chi connectivity index (χ4v) is 3.64. The van der Waals surface area contributed by atoms with Gasteiger partial charge in [-0.05, 0) is 25.5 Å². The number of aromatic nitrogens is 1. The third-order valence-electron chi connectivity index (χ3n) is 5.31. The van der Waals surface area contributed by atoms with Crippen molar-refractivity contribution in [1.82, 2.24) is 15.2 Å². The number of hydrogen-bond acceptors (Lipinski definition) is 4. The van der Waals surface area contributed by atoms with Gasteiger partial charge in [0.1, 0.15) is 0 Å². The summed E-state index contributed by atoms with van der Waals surface area (Å²) in [7, 11) is 0. The second-order valence-corrected chi connectivity index (χ2v) is 7.49. The van der Waals surface area contributed by atoms with E-state index in [2.05, 4.69) is 5.32 Å². The summed E-state index contributed by atoms with van der Waals surface area (Å²) in [5, 5.41) is 3.70. The lowest BCUT2D eigenvalue weighted by Crippen LogP contribution is -2.33. The van der Waals surface area contributed by atoms with E-state index in [-0.39, 0.29) is 30.6 Å². The normalized spacial score (nSPS) is 13.8. The summed E-state index contributed by atoms with van der Waals surface area (Å²) in [5.41, 5.74) is 4.17. The summed E-state index contributed by atoms with van der Waals surface area (Å²) in [4.78, 5) is 42.3. The highest BCUT2D eigenvalue weighted by molar-refractivity contribution is 6.07. The number of carbonyl (C=O) groups is 3. The summed E-state index contributed by atoms with van der Waals surface area (Å²) in [6, 6.07) is 17.4. The molecule has 3 amide bonds. The molecule has 1 saturated heterocycles. The molecule has 1 N–H and O–H groups in total. The Bertz CT molecular complexity index is 1110. The van der Waals surface area contributed by atoms with E-state index < -0.39 is 0 Å². The highest BCUT2D eigenvalue weighted by Gasteiger charge is 2.28. The first-order valence-electron chi connectivity index (χ1n) is 10.1. The van der Waals surface area contributed by atoms with Crippen molar-refractivity contribution in [3.63, 3.8) is 0 Å². The van der Waals surface area contributed by atoms with Crippen LogP contribution in [0.2, 0.25) is 0 Å². The fraction of sp³-hybridized carbons (Fsp3) is 0.250. The molecule has 1 aromatic heterocycles. The van der Waals surface area contributed by atoms with Crippen LogP contribution in [-0.2, 0) is 9.59 Å². The van der Waals surface area contributed by atoms with Gasteiger partial charge >= 0.3 is 0 Å². The van der Waals surface area contributed by atoms with Crippen LogP contribution in [0.1, 0.15) is 35.2 Å². The lowest BCUT2D eigenvalue weighted by molar-refractivity contribution is -0.138. The van der Waals surface area contributed by atoms with Crippen molar-refractivity contribution < 1.29 is 14.4 Å². The minimum absolute atomic E-state index is 0.130. The smallest absolute Gasteiger partial charge is 0.252 e. The lowest BCUT2D eigenvalue weighted by Gasteiger charge is -2.14. The monoisotopic (exact) mass is 401 g/mol. The fourth-order valence-electron chi connectivity index (χ4n) is 3.64. The highest BCUT2D eigenvalue weighted by atomic mass is 16.2. The van der Waals surface area contributed by atoms with Crippen molar-refractivity contribution >= 4 is 28.6 Å². The standard InChI is InChI=1S/C24H23N3O3/c1-16-7-9-17(10-8-16)21-15-19(18-5-2-3-6-20(18)26-21)24(30)25-13-4-14-27-22(28)11-12-23(27)29/h2-3,5-10,15H,4,11-14H2,1H3,(H,25,30). The molecule has 0 aliphatic carbocycles. The van der Waals surface area contributed by atoms with E-state index in [9.17, 15) is 14.4 Å². The molecule has 0 atom stereocenters. The number of imide groups is 1. The Morgan fingerprint density at radius 2 is 1.73 bits per heavy atom. The number of rotatable bonds is 6. The van der Waals surface area contributed by atoms with E-state index >= 15 is 0 Å². The van der Waals surface area contributed by atoms with E-state index in [1.54, 1.807) is 0 Å². The molecule has 2 aromatic carbocycles. The van der Waals surface area contributed by atoms with Crippen LogP contribution >= 0.6 is 0 Å². The van der Waals surface area contributed by atoms with Crippen LogP contribution in [0.4, 0.5) is 0 Å². The van der Waals surface area contributed by atoms with Gasteiger partial charge in [0.05, 0.1) is 16.8 Å². The Morgan fingerprint density at radius 3 is 2.47 bits per heavy atom. The van der Waals surface area contributed by atoms with Crippen LogP contribution in [0.5, 0.6) is 0 Å². The van der Waals surface area contributed by atoms with Crippen LogP contribution in [0.15, 0.2) is 54.6 Å². The number of pyridine rings is 1. The summed E-state index contributed by atoms with van der Waals surface area (Å²) in [6.07, 6.45) is 1.10. The van der Waals surface area contributed by atoms with Gasteiger partial charge in [0, 0.05) is 36.9 Å². The summed E-state index contributed by atoms with van der Waals surface area (Å²) in [6.45, 7) is 2.75. The van der Waals surface area contributed by atoms with Crippen molar-refractivity contribution in [2.75, 3.05) is 13.1 Å². The molecule has 6 nitrogen and oxygen atoms in total. The predicted molar refractivity (Wildman–Crippen MR) is 115 cm³/mol. The number of hydrogen-bond donors (Lipinski definition) is 1. The maximum atomic E-state index is 12.9. The maximum absolute atomic E-state index is 12.9. The Balaban J connectivity index is 1.52. The van der Waals surface area contributed by atoms with Crippen LogP contribution in [0.3, 0.4) is 0 Å². The molecule has 1 fully saturated rings. The first-order valence-corrected chi connectivity index (χ1v) is 10.1. The van der Waals surface area contributed by atoms with Crippen molar-refractivity contribution in [2.45, 2.75) is 26.2 Å². The van der Waals surface area contributed by atoms with E-state index in [1.165, 1.54) is 4.90 Å². The zero-order valence-corrected chi connectivity index (χ0v) is 16.9. The minimum Gasteiger partial charge on any atom is -0.352 e. The molecular weight excluding hydrogens is 378 g/mol. The van der Waals surface area contributed by atoms with Crippen molar-refractivity contribution in [3.05, 3.63) is 65.7 Å². The first kappa shape index (κ1) is 19.8. The lowest BCUT2D eigenvalue weighted by atomic mass is 10.0. The zero-order chi connectivity index (χ0) is 21.1. The van der Waals surface area contributed by atoms with Crippen LogP contribution in [-0.4, -0.2) is 40.7 Å². The molecule has 1 aliphatic heterocycles. The minimum atomic E-state index is -0.193. The topological polar surface area (TPSA) is 79.4 Å². The van der Waals surface area contributed by atoms with Gasteiger partial charge in [-0.15, -0.1) is 0 Å². The summed E-state index contributed by atoms with van der Waals surface area (Å²) >= 11 is 0. The Morgan fingerprint density at radius 1 is 1.03 bits per heavy atom. The number of nitrogens with one attached hydrogen (secondary N) is 1. The first-order chi connectivity index (χ1) is 14.5. The van der Waals surface area contributed by atoms with Crippen LogP contribution < -0.4 is 5.32 Å². The molecule has 0 saturated carbocycles. The van der Waals surface area contributed by atoms with Crippen LogP contribution in [0, 0.1) is 6.92 Å². The molecule has 0 unspecified atom stereocenters. The number of carbonyl (C=O) groups excluding carboxylic acids is 3. The number of amides is 3. The van der Waals surface area contributed by atoms with Gasteiger partial charge < -0.3 is 5.32 Å². The van der Waals surface area contributed by atoms with E-state index in [0.717, 1.165) is 27.7 Å². The summed E-state index contributed by atoms with van der Waals surface area (Å²) in [5.74, 6) is -0.454. The van der Waals surface area contributed by atoms with E-state index in [4.69, 9.17) is 4.98 Å². The molecule has 2 heterocycles. The molecular formula is C24H23N3O3. The number of benzene rings is 2. The molecule has 1 aliphatic rings. The zero-order valence-electron chi connectivity index (χ0n) is 16.9. The third kappa shape index (κ3) is 4.08. The Labute approximate surface area is 174 Å². The van der Waals surface area contributed by atoms with Gasteiger partial charge in [0.25, 0.3) is 5.91 Å². The average Bonchev–Trinajstić information content (AvgIpc) is 3.08. The third-order valence-corrected chi connectivity index (χ3v) is 5.31. The molecule has 0 spiro atoms. The van der Waals surface area contributed by atoms with Crippen molar-refractivity contribution in [3.8, 4) is 11.3 Å². The largest absolute Gasteiger partial charge is 0.352 e. The molecule has 152 valence electrons. The van der Waals surface area contributed by atoms with E-state index in [0.29, 0.717) is 25.1 Å². The second-order valence-electron chi connectivity index (χ2n) is 7.49. The molecule has 6 heteroatoms. The van der Waals surface area contributed by atoms with Gasteiger partial charge in [-0.1, -0.05) is 48.0 Å². The number of nitrogens with zero attached hydrogens (tertiary/aromatic N) is 2. The van der Waals surface area contributed by atoms with Gasteiger partial charge in [-0.3, -0.25) is 19.3 Å². The van der Waals surface area contributed by atoms with Gasteiger partial charge in [-0.2, -0.15) is 0 Å². The molecule has 0 bridgehead atoms. The van der Waals surface area contributed by atoms with E-state index in [1.807, 2.05) is 61.5 Å². The van der Waals surface area contributed by atoms with Crippen LogP contribution in [0.25, 0.3) is 22.2 Å². The van der Waals surface area contributed by atoms with Crippen molar-refractivity contribution in [2.24, 2.45) is 0 Å². The van der Waals surface area contributed by atoms with Gasteiger partial charge in [-0.25, -0.2) is 4.98 Å². The average molecular weight is 401 g/mol. The number of fused-ring (bicyclic) bond motifs is 1. The molecule has 0 radical (unpaired) electrons.